The predicted molar refractivity (Wildman–Crippen MR) is 82.7 cm³/mol. The van der Waals surface area contributed by atoms with Crippen molar-refractivity contribution in [2.75, 3.05) is 5.32 Å². The molecule has 0 saturated heterocycles. The van der Waals surface area contributed by atoms with Crippen LogP contribution in [0.25, 0.3) is 0 Å². The summed E-state index contributed by atoms with van der Waals surface area (Å²) in [6, 6.07) is 7.83. The molecular formula is C17H23NO2. The first-order valence-electron chi connectivity index (χ1n) is 7.18. The lowest BCUT2D eigenvalue weighted by Gasteiger charge is -2.07. The highest BCUT2D eigenvalue weighted by Gasteiger charge is 2.16. The smallest absolute Gasteiger partial charge is 0.167 e. The van der Waals surface area contributed by atoms with Gasteiger partial charge in [0.15, 0.2) is 11.6 Å². The van der Waals surface area contributed by atoms with Crippen molar-refractivity contribution in [1.82, 2.24) is 0 Å². The molecule has 0 unspecified atom stereocenters. The van der Waals surface area contributed by atoms with Crippen molar-refractivity contribution in [2.45, 2.75) is 46.5 Å². The summed E-state index contributed by atoms with van der Waals surface area (Å²) in [6.07, 6.45) is 3.89. The van der Waals surface area contributed by atoms with E-state index < -0.39 is 0 Å². The predicted octanol–water partition coefficient (Wildman–Crippen LogP) is 4.03. The molecule has 3 nitrogen and oxygen atoms in total. The first-order chi connectivity index (χ1) is 9.58. The van der Waals surface area contributed by atoms with Crippen molar-refractivity contribution >= 4 is 17.3 Å². The molecule has 3 heteroatoms. The van der Waals surface area contributed by atoms with Gasteiger partial charge in [0.05, 0.1) is 5.57 Å². The Morgan fingerprint density at radius 2 is 1.70 bits per heavy atom. The molecule has 0 aromatic heterocycles. The average molecular weight is 273 g/mol. The van der Waals surface area contributed by atoms with E-state index in [1.165, 1.54) is 0 Å². The Hall–Kier alpha value is -1.90. The van der Waals surface area contributed by atoms with Gasteiger partial charge in [-0.15, -0.1) is 0 Å². The Bertz CT molecular complexity index is 483. The van der Waals surface area contributed by atoms with Crippen LogP contribution in [0.3, 0.4) is 0 Å². The van der Waals surface area contributed by atoms with E-state index in [9.17, 15) is 9.59 Å². The van der Waals surface area contributed by atoms with Crippen LogP contribution in [-0.4, -0.2) is 11.6 Å². The number of aryl methyl sites for hydroxylation is 1. The van der Waals surface area contributed by atoms with E-state index in [2.05, 4.69) is 5.32 Å². The molecule has 0 radical (unpaired) electrons. The van der Waals surface area contributed by atoms with Crippen LogP contribution >= 0.6 is 0 Å². The van der Waals surface area contributed by atoms with Crippen LogP contribution in [0.15, 0.2) is 36.0 Å². The van der Waals surface area contributed by atoms with Gasteiger partial charge in [-0.1, -0.05) is 26.0 Å². The highest BCUT2D eigenvalue weighted by molar-refractivity contribution is 6.20. The SMILES string of the molecule is CCCC(=O)C(=CNc1cccc(C)c1)C(=O)CCC. The van der Waals surface area contributed by atoms with Crippen LogP contribution in [0, 0.1) is 6.92 Å². The lowest BCUT2D eigenvalue weighted by Crippen LogP contribution is -2.14. The number of carbonyl (C=O) groups is 2. The van der Waals surface area contributed by atoms with Gasteiger partial charge < -0.3 is 5.32 Å². The zero-order chi connectivity index (χ0) is 15.0. The third-order valence-electron chi connectivity index (χ3n) is 2.96. The largest absolute Gasteiger partial charge is 0.361 e. The molecule has 1 aromatic carbocycles. The topological polar surface area (TPSA) is 46.2 Å². The van der Waals surface area contributed by atoms with Crippen molar-refractivity contribution in [3.8, 4) is 0 Å². The van der Waals surface area contributed by atoms with Gasteiger partial charge in [0.25, 0.3) is 0 Å². The van der Waals surface area contributed by atoms with Gasteiger partial charge in [0.2, 0.25) is 0 Å². The molecule has 0 atom stereocenters. The monoisotopic (exact) mass is 273 g/mol. The summed E-state index contributed by atoms with van der Waals surface area (Å²) in [4.78, 5) is 24.0. The Morgan fingerprint density at radius 3 is 2.20 bits per heavy atom. The first kappa shape index (κ1) is 16.2. The fourth-order valence-corrected chi connectivity index (χ4v) is 1.93. The van der Waals surface area contributed by atoms with E-state index in [1.807, 2.05) is 45.0 Å². The number of hydrogen-bond acceptors (Lipinski definition) is 3. The van der Waals surface area contributed by atoms with Gasteiger partial charge in [0.1, 0.15) is 0 Å². The minimum Gasteiger partial charge on any atom is -0.361 e. The summed E-state index contributed by atoms with van der Waals surface area (Å²) in [5, 5.41) is 3.06. The van der Waals surface area contributed by atoms with Crippen LogP contribution in [0.1, 0.15) is 45.1 Å². The first-order valence-corrected chi connectivity index (χ1v) is 7.18. The van der Waals surface area contributed by atoms with E-state index >= 15 is 0 Å². The van der Waals surface area contributed by atoms with Crippen molar-refractivity contribution in [3.63, 3.8) is 0 Å². The normalized spacial score (nSPS) is 9.95. The number of carbonyl (C=O) groups excluding carboxylic acids is 2. The molecule has 0 bridgehead atoms. The standard InChI is InChI=1S/C17H23NO2/c1-4-7-16(19)15(17(20)8-5-2)12-18-14-10-6-9-13(3)11-14/h6,9-12,18H,4-5,7-8H2,1-3H3. The molecule has 0 fully saturated rings. The summed E-state index contributed by atoms with van der Waals surface area (Å²) in [7, 11) is 0. The van der Waals surface area contributed by atoms with Gasteiger partial charge in [-0.25, -0.2) is 0 Å². The number of Topliss-reactive ketones (excluding diaryl/α,β-unsaturated/α-hetero) is 2. The average Bonchev–Trinajstić information content (AvgIpc) is 2.39. The molecule has 1 rings (SSSR count). The number of benzene rings is 1. The van der Waals surface area contributed by atoms with Crippen molar-refractivity contribution < 1.29 is 9.59 Å². The highest BCUT2D eigenvalue weighted by Crippen LogP contribution is 2.13. The van der Waals surface area contributed by atoms with Crippen LogP contribution < -0.4 is 5.32 Å². The second kappa shape index (κ2) is 8.31. The molecule has 0 aliphatic heterocycles. The number of nitrogens with one attached hydrogen (secondary N) is 1. The molecule has 0 heterocycles. The molecular weight excluding hydrogens is 250 g/mol. The van der Waals surface area contributed by atoms with Crippen LogP contribution in [0.5, 0.6) is 0 Å². The minimum absolute atomic E-state index is 0.0777. The van der Waals surface area contributed by atoms with E-state index in [-0.39, 0.29) is 17.1 Å². The van der Waals surface area contributed by atoms with Gasteiger partial charge in [0, 0.05) is 24.7 Å². The molecule has 20 heavy (non-hydrogen) atoms. The summed E-state index contributed by atoms with van der Waals surface area (Å²) in [5.41, 5.74) is 2.30. The third kappa shape index (κ3) is 5.00. The molecule has 1 aromatic rings. The number of ketones is 2. The lowest BCUT2D eigenvalue weighted by molar-refractivity contribution is -0.121. The molecule has 0 aliphatic carbocycles. The third-order valence-corrected chi connectivity index (χ3v) is 2.96. The zero-order valence-electron chi connectivity index (χ0n) is 12.5. The van der Waals surface area contributed by atoms with Crippen LogP contribution in [0.4, 0.5) is 5.69 Å². The van der Waals surface area contributed by atoms with Crippen LogP contribution in [0.2, 0.25) is 0 Å². The molecule has 0 spiro atoms. The van der Waals surface area contributed by atoms with Gasteiger partial charge in [-0.3, -0.25) is 9.59 Å². The van der Waals surface area contributed by atoms with Crippen molar-refractivity contribution in [3.05, 3.63) is 41.6 Å². The Labute approximate surface area is 121 Å². The molecule has 0 aliphatic rings. The van der Waals surface area contributed by atoms with Gasteiger partial charge >= 0.3 is 0 Å². The van der Waals surface area contributed by atoms with Gasteiger partial charge in [-0.2, -0.15) is 0 Å². The van der Waals surface area contributed by atoms with E-state index in [0.717, 1.165) is 24.1 Å². The molecule has 0 amide bonds. The maximum Gasteiger partial charge on any atom is 0.167 e. The summed E-state index contributed by atoms with van der Waals surface area (Å²) < 4.78 is 0. The number of allylic oxidation sites excluding steroid dienone is 1. The van der Waals surface area contributed by atoms with Gasteiger partial charge in [-0.05, 0) is 37.5 Å². The number of rotatable bonds is 8. The molecule has 108 valence electrons. The highest BCUT2D eigenvalue weighted by atomic mass is 16.1. The van der Waals surface area contributed by atoms with Crippen LogP contribution in [-0.2, 0) is 9.59 Å². The molecule has 0 saturated carbocycles. The van der Waals surface area contributed by atoms with E-state index in [1.54, 1.807) is 6.20 Å². The lowest BCUT2D eigenvalue weighted by atomic mass is 10.0. The minimum atomic E-state index is -0.0777. The van der Waals surface area contributed by atoms with E-state index in [4.69, 9.17) is 0 Å². The zero-order valence-corrected chi connectivity index (χ0v) is 12.5. The second-order valence-electron chi connectivity index (χ2n) is 4.92. The summed E-state index contributed by atoms with van der Waals surface area (Å²) >= 11 is 0. The molecule has 1 N–H and O–H groups in total. The van der Waals surface area contributed by atoms with Crippen molar-refractivity contribution in [1.29, 1.82) is 0 Å². The maximum absolute atomic E-state index is 12.0. The summed E-state index contributed by atoms with van der Waals surface area (Å²) in [6.45, 7) is 5.88. The fourth-order valence-electron chi connectivity index (χ4n) is 1.93. The fraction of sp³-hybridized carbons (Fsp3) is 0.412. The second-order valence-corrected chi connectivity index (χ2v) is 4.92. The Morgan fingerprint density at radius 1 is 1.10 bits per heavy atom. The summed E-state index contributed by atoms with van der Waals surface area (Å²) in [5.74, 6) is -0.155. The number of anilines is 1. The quantitative estimate of drug-likeness (QED) is 0.442. The van der Waals surface area contributed by atoms with Crippen molar-refractivity contribution in [2.24, 2.45) is 0 Å². The Kier molecular flexibility index (Phi) is 6.71. The number of hydrogen-bond donors (Lipinski definition) is 1. The van der Waals surface area contributed by atoms with E-state index in [0.29, 0.717) is 12.8 Å². The maximum atomic E-state index is 12.0. The Balaban J connectivity index is 2.89.